The number of halogens is 1. The van der Waals surface area contributed by atoms with Gasteiger partial charge in [0.05, 0.1) is 5.69 Å². The van der Waals surface area contributed by atoms with E-state index in [4.69, 9.17) is 5.84 Å². The molecule has 13 heavy (non-hydrogen) atoms. The maximum Gasteiger partial charge on any atom is 0.132 e. The Kier molecular flexibility index (Phi) is 3.60. The lowest BCUT2D eigenvalue weighted by Crippen LogP contribution is -2.29. The molecule has 0 saturated carbocycles. The Hall–Kier alpha value is -1.20. The lowest BCUT2D eigenvalue weighted by atomic mass is 10.3. The minimum atomic E-state index is 0.815. The lowest BCUT2D eigenvalue weighted by Gasteiger charge is -2.12. The molecule has 0 heterocycles. The Morgan fingerprint density at radius 3 is 2.77 bits per heavy atom. The predicted octanol–water partition coefficient (Wildman–Crippen LogP) is 1.77. The third-order valence-electron chi connectivity index (χ3n) is 1.39. The highest BCUT2D eigenvalue weighted by Crippen LogP contribution is 2.22. The number of nitrogens with two attached hydrogens (primary N) is 1. The van der Waals surface area contributed by atoms with E-state index in [0.29, 0.717) is 0 Å². The van der Waals surface area contributed by atoms with Gasteiger partial charge in [-0.05, 0) is 28.1 Å². The van der Waals surface area contributed by atoms with E-state index in [-0.39, 0.29) is 0 Å². The molecule has 0 atom stereocenters. The van der Waals surface area contributed by atoms with Crippen molar-refractivity contribution in [1.82, 2.24) is 0 Å². The van der Waals surface area contributed by atoms with Gasteiger partial charge in [0.2, 0.25) is 0 Å². The molecule has 0 radical (unpaired) electrons. The zero-order chi connectivity index (χ0) is 9.68. The minimum absolute atomic E-state index is 0.815. The summed E-state index contributed by atoms with van der Waals surface area (Å²) >= 11 is 3.36. The van der Waals surface area contributed by atoms with Crippen LogP contribution in [0.2, 0.25) is 0 Å². The molecular formula is C8H9BrN4. The van der Waals surface area contributed by atoms with Gasteiger partial charge in [-0.25, -0.2) is 5.84 Å². The third kappa shape index (κ3) is 2.64. The van der Waals surface area contributed by atoms with E-state index in [0.717, 1.165) is 10.2 Å². The Labute approximate surface area is 84.9 Å². The molecule has 0 bridgehead atoms. The Balaban J connectivity index is 2.88. The van der Waals surface area contributed by atoms with Gasteiger partial charge in [-0.15, -0.1) is 5.10 Å². The molecule has 0 spiro atoms. The van der Waals surface area contributed by atoms with Gasteiger partial charge < -0.3 is 0 Å². The van der Waals surface area contributed by atoms with Gasteiger partial charge in [0.1, 0.15) is 6.34 Å². The highest BCUT2D eigenvalue weighted by molar-refractivity contribution is 9.10. The first-order valence-electron chi connectivity index (χ1n) is 3.53. The van der Waals surface area contributed by atoms with E-state index in [1.165, 1.54) is 11.3 Å². The largest absolute Gasteiger partial charge is 0.266 e. The fraction of sp³-hybridized carbons (Fsp3) is 0. The smallest absolute Gasteiger partial charge is 0.132 e. The Bertz CT molecular complexity index is 324. The Morgan fingerprint density at radius 1 is 1.46 bits per heavy atom. The van der Waals surface area contributed by atoms with Crippen molar-refractivity contribution in [2.45, 2.75) is 0 Å². The van der Waals surface area contributed by atoms with Crippen molar-refractivity contribution < 1.29 is 0 Å². The zero-order valence-corrected chi connectivity index (χ0v) is 8.48. The molecule has 0 unspecified atom stereocenters. The molecule has 0 aromatic heterocycles. The molecule has 4 nitrogen and oxygen atoms in total. The van der Waals surface area contributed by atoms with E-state index < -0.39 is 0 Å². The summed E-state index contributed by atoms with van der Waals surface area (Å²) in [5.41, 5.74) is 0.815. The fourth-order valence-corrected chi connectivity index (χ4v) is 1.31. The summed E-state index contributed by atoms with van der Waals surface area (Å²) in [4.78, 5) is 0. The summed E-state index contributed by atoms with van der Waals surface area (Å²) in [5.74, 6) is 5.65. The van der Waals surface area contributed by atoms with Crippen LogP contribution in [-0.2, 0) is 0 Å². The van der Waals surface area contributed by atoms with Crippen molar-refractivity contribution in [1.29, 1.82) is 0 Å². The van der Waals surface area contributed by atoms with Crippen LogP contribution in [-0.4, -0.2) is 13.1 Å². The zero-order valence-electron chi connectivity index (χ0n) is 6.89. The van der Waals surface area contributed by atoms with Gasteiger partial charge in [0.15, 0.2) is 0 Å². The van der Waals surface area contributed by atoms with E-state index in [2.05, 4.69) is 32.9 Å². The van der Waals surface area contributed by atoms with Crippen LogP contribution in [0, 0.1) is 0 Å². The van der Waals surface area contributed by atoms with Crippen LogP contribution in [0.3, 0.4) is 0 Å². The van der Waals surface area contributed by atoms with Crippen molar-refractivity contribution in [2.75, 3.05) is 5.01 Å². The maximum atomic E-state index is 5.65. The second-order valence-electron chi connectivity index (χ2n) is 2.23. The number of anilines is 1. The van der Waals surface area contributed by atoms with Crippen LogP contribution >= 0.6 is 15.9 Å². The molecule has 68 valence electrons. The topological polar surface area (TPSA) is 54.0 Å². The van der Waals surface area contributed by atoms with Crippen LogP contribution in [0.1, 0.15) is 0 Å². The van der Waals surface area contributed by atoms with Crippen molar-refractivity contribution in [2.24, 2.45) is 16.0 Å². The fourth-order valence-electron chi connectivity index (χ4n) is 0.815. The van der Waals surface area contributed by atoms with Gasteiger partial charge >= 0.3 is 0 Å². The first kappa shape index (κ1) is 9.88. The van der Waals surface area contributed by atoms with Crippen molar-refractivity contribution in [3.63, 3.8) is 0 Å². The second-order valence-corrected chi connectivity index (χ2v) is 3.09. The number of hydrogen-bond donors (Lipinski definition) is 1. The molecule has 0 fully saturated rings. The summed E-state index contributed by atoms with van der Waals surface area (Å²) in [7, 11) is 0. The maximum absolute atomic E-state index is 5.65. The summed E-state index contributed by atoms with van der Waals surface area (Å²) < 4.78 is 0.896. The number of benzene rings is 1. The summed E-state index contributed by atoms with van der Waals surface area (Å²) in [6.45, 7) is 3.21. The number of hydrazine groups is 1. The molecule has 1 aromatic rings. The van der Waals surface area contributed by atoms with Gasteiger partial charge in [-0.2, -0.15) is 5.10 Å². The SMILES string of the molecule is C=N/N=C\N(N)c1ccccc1Br. The van der Waals surface area contributed by atoms with E-state index in [9.17, 15) is 0 Å². The summed E-state index contributed by atoms with van der Waals surface area (Å²) in [6.07, 6.45) is 1.38. The van der Waals surface area contributed by atoms with Gasteiger partial charge in [0, 0.05) is 11.2 Å². The van der Waals surface area contributed by atoms with Crippen LogP contribution in [0.4, 0.5) is 5.69 Å². The van der Waals surface area contributed by atoms with Gasteiger partial charge in [-0.3, -0.25) is 5.01 Å². The first-order chi connectivity index (χ1) is 6.25. The quantitative estimate of drug-likeness (QED) is 0.379. The van der Waals surface area contributed by atoms with Crippen LogP contribution < -0.4 is 10.9 Å². The summed E-state index contributed by atoms with van der Waals surface area (Å²) in [5, 5.41) is 8.23. The van der Waals surface area contributed by atoms with E-state index in [1.807, 2.05) is 24.3 Å². The number of para-hydroxylation sites is 1. The van der Waals surface area contributed by atoms with Crippen molar-refractivity contribution in [3.05, 3.63) is 28.7 Å². The molecular weight excluding hydrogens is 232 g/mol. The monoisotopic (exact) mass is 240 g/mol. The second kappa shape index (κ2) is 4.74. The average molecular weight is 241 g/mol. The van der Waals surface area contributed by atoms with Gasteiger partial charge in [-0.1, -0.05) is 12.1 Å². The minimum Gasteiger partial charge on any atom is -0.266 e. The standard InChI is InChI=1S/C8H9BrN4/c1-11-12-6-13(10)8-5-3-2-4-7(8)9/h2-6H,1,10H2/b12-6-. The molecule has 0 aliphatic carbocycles. The first-order valence-corrected chi connectivity index (χ1v) is 4.32. The molecule has 1 aromatic carbocycles. The Morgan fingerprint density at radius 2 is 2.15 bits per heavy atom. The predicted molar refractivity (Wildman–Crippen MR) is 58.8 cm³/mol. The summed E-state index contributed by atoms with van der Waals surface area (Å²) in [6, 6.07) is 7.54. The molecule has 0 saturated heterocycles. The number of nitrogens with zero attached hydrogens (tertiary/aromatic N) is 3. The molecule has 0 amide bonds. The molecule has 2 N–H and O–H groups in total. The molecule has 1 rings (SSSR count). The van der Waals surface area contributed by atoms with Crippen LogP contribution in [0.5, 0.6) is 0 Å². The molecule has 0 aliphatic heterocycles. The molecule has 0 aliphatic rings. The lowest BCUT2D eigenvalue weighted by molar-refractivity contribution is 1.12. The van der Waals surface area contributed by atoms with E-state index in [1.54, 1.807) is 0 Å². The van der Waals surface area contributed by atoms with Gasteiger partial charge in [0.25, 0.3) is 0 Å². The van der Waals surface area contributed by atoms with Crippen molar-refractivity contribution >= 4 is 34.7 Å². The highest BCUT2D eigenvalue weighted by atomic mass is 79.9. The molecule has 5 heteroatoms. The highest BCUT2D eigenvalue weighted by Gasteiger charge is 2.01. The number of hydrogen-bond acceptors (Lipinski definition) is 3. The van der Waals surface area contributed by atoms with Crippen LogP contribution in [0.25, 0.3) is 0 Å². The average Bonchev–Trinajstić information content (AvgIpc) is 2.15. The number of rotatable bonds is 3. The van der Waals surface area contributed by atoms with E-state index >= 15 is 0 Å². The third-order valence-corrected chi connectivity index (χ3v) is 2.06. The van der Waals surface area contributed by atoms with Crippen molar-refractivity contribution in [3.8, 4) is 0 Å². The van der Waals surface area contributed by atoms with Crippen LogP contribution in [0.15, 0.2) is 38.9 Å². The normalized spacial score (nSPS) is 10.3.